The predicted octanol–water partition coefficient (Wildman–Crippen LogP) is -0.600. The van der Waals surface area contributed by atoms with Gasteiger partial charge in [-0.05, 0) is 6.92 Å². The molecule has 1 heterocycles. The number of rotatable bonds is 0. The predicted molar refractivity (Wildman–Crippen MR) is 41.7 cm³/mol. The van der Waals surface area contributed by atoms with Gasteiger partial charge in [0, 0.05) is 14.1 Å². The maximum atomic E-state index is 4.20. The quantitative estimate of drug-likeness (QED) is 0.474. The van der Waals surface area contributed by atoms with Crippen molar-refractivity contribution in [2.45, 2.75) is 13.1 Å². The van der Waals surface area contributed by atoms with Crippen LogP contribution in [0.1, 0.15) is 6.92 Å². The Kier molecular flexibility index (Phi) is 2.11. The summed E-state index contributed by atoms with van der Waals surface area (Å²) in [6.07, 6.45) is 0.329. The molecule has 1 aliphatic rings. The second kappa shape index (κ2) is 2.88. The van der Waals surface area contributed by atoms with Crippen molar-refractivity contribution in [1.29, 1.82) is 0 Å². The third kappa shape index (κ3) is 1.60. The number of hydrogen-bond donors (Lipinski definition) is 2. The van der Waals surface area contributed by atoms with E-state index < -0.39 is 0 Å². The Bertz CT molecular complexity index is 141. The molecule has 0 aromatic carbocycles. The second-order valence-electron chi connectivity index (χ2n) is 2.60. The minimum Gasteiger partial charge on any atom is -0.349 e. The van der Waals surface area contributed by atoms with E-state index in [1.807, 2.05) is 19.0 Å². The highest BCUT2D eigenvalue weighted by molar-refractivity contribution is 5.80. The molecule has 2 N–H and O–H groups in total. The maximum Gasteiger partial charge on any atom is 0.195 e. The van der Waals surface area contributed by atoms with Gasteiger partial charge in [0.1, 0.15) is 0 Å². The van der Waals surface area contributed by atoms with Crippen LogP contribution in [-0.4, -0.2) is 37.8 Å². The normalized spacial score (nSPS) is 25.1. The first-order chi connectivity index (χ1) is 4.70. The largest absolute Gasteiger partial charge is 0.349 e. The number of nitrogens with one attached hydrogen (secondary N) is 2. The molecule has 1 atom stereocenters. The van der Waals surface area contributed by atoms with Gasteiger partial charge in [-0.15, -0.1) is 0 Å². The molecule has 0 aromatic heterocycles. The van der Waals surface area contributed by atoms with Crippen molar-refractivity contribution in [1.82, 2.24) is 15.5 Å². The highest BCUT2D eigenvalue weighted by Crippen LogP contribution is 1.88. The smallest absolute Gasteiger partial charge is 0.195 e. The van der Waals surface area contributed by atoms with Crippen LogP contribution in [0.15, 0.2) is 4.99 Å². The molecule has 0 amide bonds. The van der Waals surface area contributed by atoms with Crippen LogP contribution in [-0.2, 0) is 0 Å². The maximum absolute atomic E-state index is 4.20. The van der Waals surface area contributed by atoms with Gasteiger partial charge in [0.15, 0.2) is 5.96 Å². The fourth-order valence-electron chi connectivity index (χ4n) is 0.818. The molecular weight excluding hydrogens is 128 g/mol. The molecule has 0 radical (unpaired) electrons. The standard InChI is InChI=1S/C6H14N4/c1-5-7-4-8-6(9-5)10(2)3/h5,7H,4H2,1-3H3,(H,8,9). The summed E-state index contributed by atoms with van der Waals surface area (Å²) < 4.78 is 0. The number of hydrogen-bond acceptors (Lipinski definition) is 4. The molecule has 1 unspecified atom stereocenters. The molecule has 0 aromatic rings. The van der Waals surface area contributed by atoms with Crippen LogP contribution < -0.4 is 10.6 Å². The molecule has 0 fully saturated rings. The summed E-state index contributed by atoms with van der Waals surface area (Å²) in [5.41, 5.74) is 0. The Morgan fingerprint density at radius 3 is 2.70 bits per heavy atom. The zero-order valence-electron chi connectivity index (χ0n) is 6.68. The molecule has 0 bridgehead atoms. The van der Waals surface area contributed by atoms with Gasteiger partial charge < -0.3 is 10.2 Å². The average molecular weight is 142 g/mol. The lowest BCUT2D eigenvalue weighted by Gasteiger charge is -2.26. The third-order valence-electron chi connectivity index (χ3n) is 1.40. The van der Waals surface area contributed by atoms with Crippen LogP contribution in [0.5, 0.6) is 0 Å². The van der Waals surface area contributed by atoms with E-state index >= 15 is 0 Å². The highest BCUT2D eigenvalue weighted by Gasteiger charge is 2.09. The van der Waals surface area contributed by atoms with Crippen molar-refractivity contribution in [2.75, 3.05) is 20.8 Å². The average Bonchev–Trinajstić information content (AvgIpc) is 1.88. The molecule has 58 valence electrons. The van der Waals surface area contributed by atoms with E-state index in [9.17, 15) is 0 Å². The van der Waals surface area contributed by atoms with E-state index in [-0.39, 0.29) is 0 Å². The monoisotopic (exact) mass is 142 g/mol. The lowest BCUT2D eigenvalue weighted by molar-refractivity contribution is 0.456. The summed E-state index contributed by atoms with van der Waals surface area (Å²) in [6.45, 7) is 2.78. The Labute approximate surface area is 61.3 Å². The van der Waals surface area contributed by atoms with E-state index in [1.54, 1.807) is 0 Å². The van der Waals surface area contributed by atoms with Gasteiger partial charge >= 0.3 is 0 Å². The number of guanidine groups is 1. The van der Waals surface area contributed by atoms with Crippen LogP contribution in [0.4, 0.5) is 0 Å². The molecule has 0 saturated carbocycles. The topological polar surface area (TPSA) is 39.7 Å². The van der Waals surface area contributed by atoms with Gasteiger partial charge in [-0.25, -0.2) is 4.99 Å². The van der Waals surface area contributed by atoms with Gasteiger partial charge in [-0.2, -0.15) is 0 Å². The molecule has 0 spiro atoms. The van der Waals surface area contributed by atoms with Crippen LogP contribution in [0.2, 0.25) is 0 Å². The Morgan fingerprint density at radius 2 is 2.30 bits per heavy atom. The van der Waals surface area contributed by atoms with Gasteiger partial charge in [0.25, 0.3) is 0 Å². The van der Waals surface area contributed by atoms with E-state index in [2.05, 4.69) is 22.5 Å². The van der Waals surface area contributed by atoms with Gasteiger partial charge in [-0.1, -0.05) is 0 Å². The Morgan fingerprint density at radius 1 is 1.60 bits per heavy atom. The summed E-state index contributed by atoms with van der Waals surface area (Å²) >= 11 is 0. The van der Waals surface area contributed by atoms with E-state index in [1.165, 1.54) is 0 Å². The number of nitrogens with zero attached hydrogens (tertiary/aromatic N) is 2. The summed E-state index contributed by atoms with van der Waals surface area (Å²) in [6, 6.07) is 0. The fraction of sp³-hybridized carbons (Fsp3) is 0.833. The summed E-state index contributed by atoms with van der Waals surface area (Å²) in [7, 11) is 3.95. The van der Waals surface area contributed by atoms with Crippen molar-refractivity contribution in [3.05, 3.63) is 0 Å². The number of aliphatic imine (C=N–C) groups is 1. The zero-order valence-corrected chi connectivity index (χ0v) is 6.68. The van der Waals surface area contributed by atoms with Crippen molar-refractivity contribution in [3.8, 4) is 0 Å². The van der Waals surface area contributed by atoms with Crippen molar-refractivity contribution >= 4 is 5.96 Å². The molecule has 4 nitrogen and oxygen atoms in total. The van der Waals surface area contributed by atoms with Crippen LogP contribution in [0, 0.1) is 0 Å². The van der Waals surface area contributed by atoms with Gasteiger partial charge in [0.2, 0.25) is 0 Å². The summed E-state index contributed by atoms with van der Waals surface area (Å²) in [5, 5.41) is 6.32. The van der Waals surface area contributed by atoms with Crippen molar-refractivity contribution < 1.29 is 0 Å². The van der Waals surface area contributed by atoms with Crippen LogP contribution >= 0.6 is 0 Å². The molecule has 0 saturated heterocycles. The molecule has 10 heavy (non-hydrogen) atoms. The zero-order chi connectivity index (χ0) is 7.56. The lowest BCUT2D eigenvalue weighted by atomic mass is 10.5. The molecule has 0 aliphatic carbocycles. The Balaban J connectivity index is 2.51. The van der Waals surface area contributed by atoms with E-state index in [4.69, 9.17) is 0 Å². The Hall–Kier alpha value is -0.770. The van der Waals surface area contributed by atoms with Crippen molar-refractivity contribution in [3.63, 3.8) is 0 Å². The van der Waals surface area contributed by atoms with Crippen molar-refractivity contribution in [2.24, 2.45) is 4.99 Å². The molecule has 1 rings (SSSR count). The summed E-state index contributed by atoms with van der Waals surface area (Å²) in [4.78, 5) is 6.17. The molecule has 1 aliphatic heterocycles. The van der Waals surface area contributed by atoms with E-state index in [0.29, 0.717) is 12.8 Å². The van der Waals surface area contributed by atoms with Crippen LogP contribution in [0.25, 0.3) is 0 Å². The van der Waals surface area contributed by atoms with Gasteiger partial charge in [-0.3, -0.25) is 5.32 Å². The van der Waals surface area contributed by atoms with Crippen LogP contribution in [0.3, 0.4) is 0 Å². The molecule has 4 heteroatoms. The van der Waals surface area contributed by atoms with Gasteiger partial charge in [0.05, 0.1) is 12.8 Å². The second-order valence-corrected chi connectivity index (χ2v) is 2.60. The minimum atomic E-state index is 0.329. The molecular formula is C6H14N4. The fourth-order valence-corrected chi connectivity index (χ4v) is 0.818. The third-order valence-corrected chi connectivity index (χ3v) is 1.40. The first kappa shape index (κ1) is 7.34. The summed E-state index contributed by atoms with van der Waals surface area (Å²) in [5.74, 6) is 0.950. The lowest BCUT2D eigenvalue weighted by Crippen LogP contribution is -2.52. The SMILES string of the molecule is CC1NCN=C(N(C)C)N1. The minimum absolute atomic E-state index is 0.329. The first-order valence-corrected chi connectivity index (χ1v) is 3.42. The first-order valence-electron chi connectivity index (χ1n) is 3.42. The van der Waals surface area contributed by atoms with E-state index in [0.717, 1.165) is 5.96 Å². The highest BCUT2D eigenvalue weighted by atomic mass is 15.4.